The van der Waals surface area contributed by atoms with Gasteiger partial charge in [0.05, 0.1) is 4.92 Å². The Balaban J connectivity index is 2.07. The summed E-state index contributed by atoms with van der Waals surface area (Å²) in [5, 5.41) is 13.6. The van der Waals surface area contributed by atoms with Gasteiger partial charge in [0.25, 0.3) is 5.69 Å². The van der Waals surface area contributed by atoms with Crippen LogP contribution in [0.25, 0.3) is 0 Å². The molecule has 144 valence electrons. The van der Waals surface area contributed by atoms with Gasteiger partial charge in [0, 0.05) is 37.5 Å². The monoisotopic (exact) mass is 370 g/mol. The molecule has 0 heterocycles. The van der Waals surface area contributed by atoms with E-state index in [0.717, 1.165) is 25.2 Å². The number of hydrogen-bond acceptors (Lipinski definition) is 4. The van der Waals surface area contributed by atoms with Crippen molar-refractivity contribution < 1.29 is 9.72 Å². The summed E-state index contributed by atoms with van der Waals surface area (Å²) < 4.78 is 0. The van der Waals surface area contributed by atoms with E-state index in [4.69, 9.17) is 0 Å². The highest BCUT2D eigenvalue weighted by atomic mass is 16.6. The molecule has 7 heteroatoms. The molecule has 0 spiro atoms. The summed E-state index contributed by atoms with van der Waals surface area (Å²) in [7, 11) is 0. The van der Waals surface area contributed by atoms with Gasteiger partial charge in [-0.1, -0.05) is 44.2 Å². The minimum absolute atomic E-state index is 0.00401. The Morgan fingerprint density at radius 3 is 2.19 bits per heavy atom. The van der Waals surface area contributed by atoms with E-state index in [2.05, 4.69) is 24.1 Å². The summed E-state index contributed by atoms with van der Waals surface area (Å²) in [6, 6.07) is 15.5. The number of nitro benzene ring substituents is 1. The summed E-state index contributed by atoms with van der Waals surface area (Å²) in [5.41, 5.74) is 1.58. The number of carbonyl (C=O) groups is 1. The predicted molar refractivity (Wildman–Crippen MR) is 107 cm³/mol. The minimum atomic E-state index is -0.461. The van der Waals surface area contributed by atoms with Crippen LogP contribution in [0.5, 0.6) is 0 Å². The number of anilines is 1. The van der Waals surface area contributed by atoms with Gasteiger partial charge in [-0.05, 0) is 30.8 Å². The number of benzene rings is 2. The van der Waals surface area contributed by atoms with Crippen LogP contribution >= 0.6 is 0 Å². The molecular formula is C20H26N4O3. The highest BCUT2D eigenvalue weighted by Gasteiger charge is 2.16. The fraction of sp³-hybridized carbons (Fsp3) is 0.350. The maximum atomic E-state index is 12.8. The van der Waals surface area contributed by atoms with Gasteiger partial charge in [0.2, 0.25) is 0 Å². The molecule has 0 saturated heterocycles. The standard InChI is InChI=1S/C20H26N4O3/c1-3-22(4-2)14-15-23(16-17-8-6-5-7-9-17)20(25)21-18-10-12-19(13-11-18)24(26)27/h5-13H,3-4,14-16H2,1-2H3,(H,21,25). The molecule has 0 aromatic heterocycles. The summed E-state index contributed by atoms with van der Waals surface area (Å²) in [6.07, 6.45) is 0. The summed E-state index contributed by atoms with van der Waals surface area (Å²) in [6.45, 7) is 7.94. The summed E-state index contributed by atoms with van der Waals surface area (Å²) in [4.78, 5) is 27.1. The first-order valence-electron chi connectivity index (χ1n) is 9.10. The zero-order valence-electron chi connectivity index (χ0n) is 15.8. The van der Waals surface area contributed by atoms with Crippen molar-refractivity contribution in [3.05, 3.63) is 70.3 Å². The van der Waals surface area contributed by atoms with Gasteiger partial charge < -0.3 is 15.1 Å². The van der Waals surface area contributed by atoms with Crippen LogP contribution in [0.3, 0.4) is 0 Å². The van der Waals surface area contributed by atoms with Crippen LogP contribution in [0.1, 0.15) is 19.4 Å². The van der Waals surface area contributed by atoms with Crippen molar-refractivity contribution in [3.63, 3.8) is 0 Å². The third-order valence-corrected chi connectivity index (χ3v) is 4.41. The average molecular weight is 370 g/mol. The first-order chi connectivity index (χ1) is 13.0. The first kappa shape index (κ1) is 20.4. The molecule has 0 unspecified atom stereocenters. The van der Waals surface area contributed by atoms with Gasteiger partial charge in [-0.3, -0.25) is 10.1 Å². The van der Waals surface area contributed by atoms with Crippen molar-refractivity contribution in [1.29, 1.82) is 0 Å². The average Bonchev–Trinajstić information content (AvgIpc) is 2.69. The van der Waals surface area contributed by atoms with E-state index in [9.17, 15) is 14.9 Å². The Morgan fingerprint density at radius 2 is 1.63 bits per heavy atom. The molecule has 0 bridgehead atoms. The number of likely N-dealkylation sites (N-methyl/N-ethyl adjacent to an activating group) is 1. The third-order valence-electron chi connectivity index (χ3n) is 4.41. The molecule has 0 aliphatic heterocycles. The van der Waals surface area contributed by atoms with Crippen LogP contribution in [0.2, 0.25) is 0 Å². The first-order valence-corrected chi connectivity index (χ1v) is 9.10. The highest BCUT2D eigenvalue weighted by Crippen LogP contribution is 2.16. The van der Waals surface area contributed by atoms with Crippen LogP contribution in [-0.4, -0.2) is 46.9 Å². The molecule has 0 aliphatic carbocycles. The Hall–Kier alpha value is -2.93. The number of nitrogens with one attached hydrogen (secondary N) is 1. The minimum Gasteiger partial charge on any atom is -0.319 e. The maximum Gasteiger partial charge on any atom is 0.322 e. The van der Waals surface area contributed by atoms with Crippen LogP contribution < -0.4 is 5.32 Å². The molecule has 0 fully saturated rings. The van der Waals surface area contributed by atoms with E-state index < -0.39 is 4.92 Å². The molecule has 0 radical (unpaired) electrons. The van der Waals surface area contributed by atoms with Crippen molar-refractivity contribution in [2.24, 2.45) is 0 Å². The Kier molecular flexibility index (Phi) is 7.76. The number of nitro groups is 1. The van der Waals surface area contributed by atoms with E-state index in [1.165, 1.54) is 12.1 Å². The number of non-ortho nitro benzene ring substituents is 1. The molecule has 27 heavy (non-hydrogen) atoms. The van der Waals surface area contributed by atoms with Crippen LogP contribution in [0.15, 0.2) is 54.6 Å². The van der Waals surface area contributed by atoms with Gasteiger partial charge in [-0.25, -0.2) is 4.79 Å². The zero-order valence-corrected chi connectivity index (χ0v) is 15.8. The number of carbonyl (C=O) groups excluding carboxylic acids is 1. The van der Waals surface area contributed by atoms with Crippen molar-refractivity contribution >= 4 is 17.4 Å². The molecular weight excluding hydrogens is 344 g/mol. The smallest absolute Gasteiger partial charge is 0.319 e. The zero-order chi connectivity index (χ0) is 19.6. The molecule has 2 aromatic carbocycles. The lowest BCUT2D eigenvalue weighted by atomic mass is 10.2. The van der Waals surface area contributed by atoms with Gasteiger partial charge in [-0.2, -0.15) is 0 Å². The second-order valence-corrected chi connectivity index (χ2v) is 6.17. The lowest BCUT2D eigenvalue weighted by Gasteiger charge is -2.27. The molecule has 1 N–H and O–H groups in total. The van der Waals surface area contributed by atoms with Crippen molar-refractivity contribution in [2.75, 3.05) is 31.5 Å². The van der Waals surface area contributed by atoms with E-state index in [1.54, 1.807) is 17.0 Å². The van der Waals surface area contributed by atoms with E-state index in [1.807, 2.05) is 30.3 Å². The molecule has 2 amide bonds. The fourth-order valence-corrected chi connectivity index (χ4v) is 2.73. The largest absolute Gasteiger partial charge is 0.322 e. The van der Waals surface area contributed by atoms with Gasteiger partial charge in [0.1, 0.15) is 0 Å². The molecule has 2 rings (SSSR count). The molecule has 0 atom stereocenters. The third kappa shape index (κ3) is 6.38. The lowest BCUT2D eigenvalue weighted by molar-refractivity contribution is -0.384. The van der Waals surface area contributed by atoms with E-state index in [0.29, 0.717) is 18.8 Å². The highest BCUT2D eigenvalue weighted by molar-refractivity contribution is 5.89. The number of urea groups is 1. The number of hydrogen-bond donors (Lipinski definition) is 1. The lowest BCUT2D eigenvalue weighted by Crippen LogP contribution is -2.40. The summed E-state index contributed by atoms with van der Waals surface area (Å²) in [5.74, 6) is 0. The second kappa shape index (κ2) is 10.3. The Labute approximate surface area is 159 Å². The van der Waals surface area contributed by atoms with E-state index >= 15 is 0 Å². The quantitative estimate of drug-likeness (QED) is 0.535. The van der Waals surface area contributed by atoms with Crippen LogP contribution in [0.4, 0.5) is 16.2 Å². The van der Waals surface area contributed by atoms with E-state index in [-0.39, 0.29) is 11.7 Å². The second-order valence-electron chi connectivity index (χ2n) is 6.17. The molecule has 2 aromatic rings. The molecule has 7 nitrogen and oxygen atoms in total. The molecule has 0 saturated carbocycles. The number of nitrogens with zero attached hydrogens (tertiary/aromatic N) is 3. The van der Waals surface area contributed by atoms with Crippen molar-refractivity contribution in [3.8, 4) is 0 Å². The maximum absolute atomic E-state index is 12.8. The normalized spacial score (nSPS) is 10.6. The van der Waals surface area contributed by atoms with Crippen LogP contribution in [-0.2, 0) is 6.54 Å². The summed E-state index contributed by atoms with van der Waals surface area (Å²) >= 11 is 0. The van der Waals surface area contributed by atoms with Gasteiger partial charge >= 0.3 is 6.03 Å². The van der Waals surface area contributed by atoms with Gasteiger partial charge in [-0.15, -0.1) is 0 Å². The van der Waals surface area contributed by atoms with Crippen molar-refractivity contribution in [2.45, 2.75) is 20.4 Å². The van der Waals surface area contributed by atoms with Crippen molar-refractivity contribution in [1.82, 2.24) is 9.80 Å². The number of amides is 2. The SMILES string of the molecule is CCN(CC)CCN(Cc1ccccc1)C(=O)Nc1ccc([N+](=O)[O-])cc1. The predicted octanol–water partition coefficient (Wildman–Crippen LogP) is 3.97. The van der Waals surface area contributed by atoms with Crippen LogP contribution in [0, 0.1) is 10.1 Å². The Morgan fingerprint density at radius 1 is 1.00 bits per heavy atom. The number of rotatable bonds is 9. The van der Waals surface area contributed by atoms with Gasteiger partial charge in [0.15, 0.2) is 0 Å². The molecule has 0 aliphatic rings. The topological polar surface area (TPSA) is 78.7 Å². The Bertz CT molecular complexity index is 731. The fourth-order valence-electron chi connectivity index (χ4n) is 2.73.